The molecule has 5 rings (SSSR count). The van der Waals surface area contributed by atoms with Gasteiger partial charge in [0.2, 0.25) is 0 Å². The summed E-state index contributed by atoms with van der Waals surface area (Å²) < 4.78 is 8.09. The number of hydrogen-bond donors (Lipinski definition) is 0. The molecule has 0 atom stereocenters. The second kappa shape index (κ2) is 7.58. The first-order valence-electron chi connectivity index (χ1n) is 11.0. The Morgan fingerprint density at radius 2 is 1.84 bits per heavy atom. The van der Waals surface area contributed by atoms with Crippen LogP contribution < -0.4 is 4.74 Å². The van der Waals surface area contributed by atoms with Gasteiger partial charge in [-0.05, 0) is 56.2 Å². The number of ketones is 1. The van der Waals surface area contributed by atoms with Gasteiger partial charge in [-0.15, -0.1) is 0 Å². The Labute approximate surface area is 187 Å². The van der Waals surface area contributed by atoms with Crippen molar-refractivity contribution < 1.29 is 14.3 Å². The van der Waals surface area contributed by atoms with Crippen molar-refractivity contribution in [3.63, 3.8) is 0 Å². The highest BCUT2D eigenvalue weighted by molar-refractivity contribution is 6.01. The van der Waals surface area contributed by atoms with Crippen molar-refractivity contribution in [1.29, 1.82) is 0 Å². The lowest BCUT2D eigenvalue weighted by Crippen LogP contribution is -2.52. The number of Topliss-reactive ketones (excluding diaryl/α,β-unsaturated/α-hetero) is 1. The first-order chi connectivity index (χ1) is 15.4. The molecule has 0 saturated carbocycles. The molecular formula is C25H26N4O3. The molecule has 0 aliphatic carbocycles. The normalized spacial score (nSPS) is 17.2. The smallest absolute Gasteiger partial charge is 0.257 e. The minimum atomic E-state index is -0.532. The number of likely N-dealkylation sites (tertiary alicyclic amines) is 1. The molecule has 0 bridgehead atoms. The standard InChI is InChI=1S/C25H26N4O3/c1-16-12-19-21(30)14-25(32-22(19)13-17(16)2)7-10-28(11-8-25)24(31)20-15-27-29(18(20)3)23-6-4-5-9-26-23/h4-6,9,12-13,15H,7-8,10-11,14H2,1-3H3. The zero-order valence-electron chi connectivity index (χ0n) is 18.6. The van der Waals surface area contributed by atoms with Crippen LogP contribution in [0.4, 0.5) is 0 Å². The van der Waals surface area contributed by atoms with E-state index < -0.39 is 5.60 Å². The van der Waals surface area contributed by atoms with E-state index in [9.17, 15) is 9.59 Å². The van der Waals surface area contributed by atoms with E-state index in [4.69, 9.17) is 4.74 Å². The molecule has 2 aromatic heterocycles. The number of carbonyl (C=O) groups excluding carboxylic acids is 2. The highest BCUT2D eigenvalue weighted by Crippen LogP contribution is 2.40. The molecule has 1 fully saturated rings. The molecule has 4 heterocycles. The van der Waals surface area contributed by atoms with Crippen LogP contribution in [-0.2, 0) is 0 Å². The summed E-state index contributed by atoms with van der Waals surface area (Å²) in [5.41, 5.74) is 3.69. The average molecular weight is 431 g/mol. The van der Waals surface area contributed by atoms with Crippen molar-refractivity contribution in [3.8, 4) is 11.6 Å². The fraction of sp³-hybridized carbons (Fsp3) is 0.360. The number of pyridine rings is 1. The number of rotatable bonds is 2. The SMILES string of the molecule is Cc1cc2c(cc1C)C(=O)CC1(CCN(C(=O)c3cnn(-c4ccccn4)c3C)CC1)O2. The monoisotopic (exact) mass is 430 g/mol. The van der Waals surface area contributed by atoms with Crippen LogP contribution >= 0.6 is 0 Å². The molecule has 0 N–H and O–H groups in total. The van der Waals surface area contributed by atoms with E-state index in [0.717, 1.165) is 16.8 Å². The Balaban J connectivity index is 1.32. The van der Waals surface area contributed by atoms with Crippen molar-refractivity contribution in [2.24, 2.45) is 0 Å². The molecule has 1 spiro atoms. The van der Waals surface area contributed by atoms with Gasteiger partial charge in [0, 0.05) is 32.1 Å². The quantitative estimate of drug-likeness (QED) is 0.618. The minimum Gasteiger partial charge on any atom is -0.486 e. The summed E-state index contributed by atoms with van der Waals surface area (Å²) in [6.45, 7) is 7.00. The van der Waals surface area contributed by atoms with Crippen molar-refractivity contribution in [3.05, 3.63) is 70.7 Å². The molecule has 1 amide bonds. The van der Waals surface area contributed by atoms with Gasteiger partial charge in [0.05, 0.1) is 29.4 Å². The van der Waals surface area contributed by atoms with Gasteiger partial charge in [0.1, 0.15) is 11.4 Å². The number of aromatic nitrogens is 3. The summed E-state index contributed by atoms with van der Waals surface area (Å²) >= 11 is 0. The van der Waals surface area contributed by atoms with Gasteiger partial charge in [0.25, 0.3) is 5.91 Å². The number of amides is 1. The van der Waals surface area contributed by atoms with E-state index in [2.05, 4.69) is 10.1 Å². The van der Waals surface area contributed by atoms with Crippen LogP contribution in [0.15, 0.2) is 42.7 Å². The van der Waals surface area contributed by atoms with Gasteiger partial charge in [-0.1, -0.05) is 6.07 Å². The van der Waals surface area contributed by atoms with E-state index in [0.29, 0.717) is 55.0 Å². The molecule has 7 heteroatoms. The fourth-order valence-electron chi connectivity index (χ4n) is 4.65. The number of ether oxygens (including phenoxy) is 1. The highest BCUT2D eigenvalue weighted by atomic mass is 16.5. The van der Waals surface area contributed by atoms with E-state index in [1.54, 1.807) is 17.1 Å². The molecule has 32 heavy (non-hydrogen) atoms. The Bertz CT molecular complexity index is 1210. The van der Waals surface area contributed by atoms with Crippen LogP contribution in [0.2, 0.25) is 0 Å². The van der Waals surface area contributed by atoms with Crippen molar-refractivity contribution in [1.82, 2.24) is 19.7 Å². The van der Waals surface area contributed by atoms with Gasteiger partial charge in [-0.2, -0.15) is 5.10 Å². The Hall–Kier alpha value is -3.48. The first-order valence-corrected chi connectivity index (χ1v) is 11.0. The van der Waals surface area contributed by atoms with E-state index in [1.807, 2.05) is 56.0 Å². The zero-order chi connectivity index (χ0) is 22.5. The maximum absolute atomic E-state index is 13.2. The zero-order valence-corrected chi connectivity index (χ0v) is 18.6. The van der Waals surface area contributed by atoms with Gasteiger partial charge in [-0.3, -0.25) is 9.59 Å². The molecule has 0 unspecified atom stereocenters. The summed E-state index contributed by atoms with van der Waals surface area (Å²) in [7, 11) is 0. The summed E-state index contributed by atoms with van der Waals surface area (Å²) in [4.78, 5) is 32.2. The summed E-state index contributed by atoms with van der Waals surface area (Å²) in [5, 5.41) is 4.37. The number of nitrogens with zero attached hydrogens (tertiary/aromatic N) is 4. The van der Waals surface area contributed by atoms with Gasteiger partial charge < -0.3 is 9.64 Å². The van der Waals surface area contributed by atoms with Crippen LogP contribution in [-0.4, -0.2) is 50.0 Å². The third kappa shape index (κ3) is 3.38. The first kappa shape index (κ1) is 20.4. The molecule has 1 aromatic carbocycles. The van der Waals surface area contributed by atoms with E-state index in [-0.39, 0.29) is 11.7 Å². The maximum atomic E-state index is 13.2. The van der Waals surface area contributed by atoms with E-state index in [1.165, 1.54) is 0 Å². The highest BCUT2D eigenvalue weighted by Gasteiger charge is 2.44. The molecule has 164 valence electrons. The van der Waals surface area contributed by atoms with Crippen LogP contribution in [0.3, 0.4) is 0 Å². The second-order valence-corrected chi connectivity index (χ2v) is 8.85. The van der Waals surface area contributed by atoms with Crippen LogP contribution in [0.5, 0.6) is 5.75 Å². The topological polar surface area (TPSA) is 77.3 Å². The molecule has 7 nitrogen and oxygen atoms in total. The Morgan fingerprint density at radius 3 is 2.56 bits per heavy atom. The van der Waals surface area contributed by atoms with Gasteiger partial charge in [-0.25, -0.2) is 9.67 Å². The second-order valence-electron chi connectivity index (χ2n) is 8.85. The maximum Gasteiger partial charge on any atom is 0.257 e. The van der Waals surface area contributed by atoms with Crippen molar-refractivity contribution in [2.75, 3.05) is 13.1 Å². The summed E-state index contributed by atoms with van der Waals surface area (Å²) in [5.74, 6) is 1.44. The van der Waals surface area contributed by atoms with Crippen LogP contribution in [0, 0.1) is 20.8 Å². The fourth-order valence-corrected chi connectivity index (χ4v) is 4.65. The van der Waals surface area contributed by atoms with Gasteiger partial charge >= 0.3 is 0 Å². The average Bonchev–Trinajstić information content (AvgIpc) is 3.17. The predicted molar refractivity (Wildman–Crippen MR) is 119 cm³/mol. The summed E-state index contributed by atoms with van der Waals surface area (Å²) in [6, 6.07) is 9.49. The molecule has 1 saturated heterocycles. The minimum absolute atomic E-state index is 0.0477. The number of carbonyl (C=O) groups is 2. The number of aryl methyl sites for hydroxylation is 2. The van der Waals surface area contributed by atoms with Gasteiger partial charge in [0.15, 0.2) is 11.6 Å². The Morgan fingerprint density at radius 1 is 1.09 bits per heavy atom. The molecular weight excluding hydrogens is 404 g/mol. The Kier molecular flexibility index (Phi) is 4.84. The molecule has 3 aromatic rings. The number of piperidine rings is 1. The lowest BCUT2D eigenvalue weighted by molar-refractivity contribution is -0.00576. The predicted octanol–water partition coefficient (Wildman–Crippen LogP) is 3.83. The third-order valence-electron chi connectivity index (χ3n) is 6.77. The number of benzene rings is 1. The number of hydrogen-bond acceptors (Lipinski definition) is 5. The van der Waals surface area contributed by atoms with Crippen LogP contribution in [0.1, 0.15) is 56.8 Å². The lowest BCUT2D eigenvalue weighted by Gasteiger charge is -2.44. The molecule has 2 aliphatic rings. The largest absolute Gasteiger partial charge is 0.486 e. The van der Waals surface area contributed by atoms with Crippen molar-refractivity contribution in [2.45, 2.75) is 45.6 Å². The third-order valence-corrected chi connectivity index (χ3v) is 6.77. The van der Waals surface area contributed by atoms with Crippen LogP contribution in [0.25, 0.3) is 5.82 Å². The summed E-state index contributed by atoms with van der Waals surface area (Å²) in [6.07, 6.45) is 4.93. The number of fused-ring (bicyclic) bond motifs is 1. The molecule has 0 radical (unpaired) electrons. The molecule has 2 aliphatic heterocycles. The van der Waals surface area contributed by atoms with E-state index >= 15 is 0 Å². The lowest BCUT2D eigenvalue weighted by atomic mass is 9.81. The van der Waals surface area contributed by atoms with Crippen molar-refractivity contribution >= 4 is 11.7 Å².